The second-order valence-corrected chi connectivity index (χ2v) is 5.94. The van der Waals surface area contributed by atoms with Crippen LogP contribution in [-0.4, -0.2) is 21.8 Å². The maximum absolute atomic E-state index is 4.69. The van der Waals surface area contributed by atoms with Gasteiger partial charge in [-0.2, -0.15) is 0 Å². The van der Waals surface area contributed by atoms with Crippen molar-refractivity contribution < 1.29 is 0 Å². The monoisotopic (exact) mass is 352 g/mol. The van der Waals surface area contributed by atoms with Crippen molar-refractivity contribution in [3.05, 3.63) is 77.3 Å². The van der Waals surface area contributed by atoms with Gasteiger partial charge < -0.3 is 4.90 Å². The molecule has 4 rings (SSSR count). The van der Waals surface area contributed by atoms with Crippen LogP contribution in [0.4, 0.5) is 5.69 Å². The van der Waals surface area contributed by atoms with Crippen LogP contribution < -0.4 is 4.90 Å². The van der Waals surface area contributed by atoms with E-state index in [2.05, 4.69) is 53.5 Å². The van der Waals surface area contributed by atoms with E-state index in [1.54, 1.807) is 0 Å². The Hall–Kier alpha value is -2.40. The Morgan fingerprint density at radius 3 is 2.86 bits per heavy atom. The Bertz CT molecular complexity index is 894. The van der Waals surface area contributed by atoms with Gasteiger partial charge in [0.1, 0.15) is 12.3 Å². The number of nitrogens with zero attached hydrogens (tertiary/aromatic N) is 4. The van der Waals surface area contributed by atoms with Crippen molar-refractivity contribution in [1.29, 1.82) is 0 Å². The highest BCUT2D eigenvalue weighted by molar-refractivity contribution is 9.10. The lowest BCUT2D eigenvalue weighted by atomic mass is 10.2. The summed E-state index contributed by atoms with van der Waals surface area (Å²) in [7, 11) is 0. The summed E-state index contributed by atoms with van der Waals surface area (Å²) in [6.07, 6.45) is 7.97. The number of aliphatic imine (C=N–C) groups is 1. The minimum atomic E-state index is 0.600. The fourth-order valence-electron chi connectivity index (χ4n) is 2.52. The highest BCUT2D eigenvalue weighted by atomic mass is 79.9. The number of imidazole rings is 1. The second kappa shape index (κ2) is 5.42. The molecule has 3 aromatic rings. The molecule has 0 radical (unpaired) electrons. The molecule has 0 saturated heterocycles. The Morgan fingerprint density at radius 2 is 2.05 bits per heavy atom. The molecule has 4 nitrogen and oxygen atoms in total. The average Bonchev–Trinajstić information content (AvgIpc) is 2.99. The average molecular weight is 353 g/mol. The predicted octanol–water partition coefficient (Wildman–Crippen LogP) is 3.88. The van der Waals surface area contributed by atoms with E-state index in [1.807, 2.05) is 48.8 Å². The Balaban J connectivity index is 1.63. The Kier molecular flexibility index (Phi) is 3.27. The molecule has 1 aromatic carbocycles. The smallest absolute Gasteiger partial charge is 0.137 e. The zero-order chi connectivity index (χ0) is 14.9. The van der Waals surface area contributed by atoms with Gasteiger partial charge in [0.25, 0.3) is 0 Å². The molecule has 0 spiro atoms. The number of hydrogen-bond acceptors (Lipinski definition) is 3. The van der Waals surface area contributed by atoms with Gasteiger partial charge in [0, 0.05) is 22.6 Å². The largest absolute Gasteiger partial charge is 0.328 e. The molecule has 2 aromatic heterocycles. The van der Waals surface area contributed by atoms with Crippen molar-refractivity contribution in [2.45, 2.75) is 0 Å². The van der Waals surface area contributed by atoms with E-state index in [4.69, 9.17) is 0 Å². The molecule has 0 bridgehead atoms. The van der Waals surface area contributed by atoms with Gasteiger partial charge >= 0.3 is 0 Å². The third-order valence-electron chi connectivity index (χ3n) is 3.63. The minimum absolute atomic E-state index is 0.600. The zero-order valence-electron chi connectivity index (χ0n) is 11.7. The third kappa shape index (κ3) is 2.33. The molecule has 0 fully saturated rings. The fraction of sp³-hybridized carbons (Fsp3) is 0.0588. The SMILES string of the molecule is Brc1cccc(N2C=CC(c3cnc4ccccn34)=NC2)c1. The molecule has 3 heterocycles. The zero-order valence-corrected chi connectivity index (χ0v) is 13.3. The van der Waals surface area contributed by atoms with Gasteiger partial charge in [0.05, 0.1) is 17.6 Å². The van der Waals surface area contributed by atoms with E-state index < -0.39 is 0 Å². The van der Waals surface area contributed by atoms with Gasteiger partial charge in [-0.05, 0) is 36.4 Å². The minimum Gasteiger partial charge on any atom is -0.328 e. The summed E-state index contributed by atoms with van der Waals surface area (Å²) in [6.45, 7) is 0.600. The normalized spacial score (nSPS) is 14.4. The van der Waals surface area contributed by atoms with Crippen molar-refractivity contribution in [3.63, 3.8) is 0 Å². The van der Waals surface area contributed by atoms with Gasteiger partial charge in [-0.3, -0.25) is 9.39 Å². The molecule has 0 aliphatic carbocycles. The first-order chi connectivity index (χ1) is 10.8. The van der Waals surface area contributed by atoms with Gasteiger partial charge in [0.15, 0.2) is 0 Å². The lowest BCUT2D eigenvalue weighted by molar-refractivity contribution is 0.959. The van der Waals surface area contributed by atoms with Gasteiger partial charge in [-0.15, -0.1) is 0 Å². The van der Waals surface area contributed by atoms with Crippen LogP contribution in [0.15, 0.2) is 76.6 Å². The Morgan fingerprint density at radius 1 is 1.09 bits per heavy atom. The number of anilines is 1. The molecular formula is C17H13BrN4. The summed E-state index contributed by atoms with van der Waals surface area (Å²) in [5.41, 5.74) is 4.01. The van der Waals surface area contributed by atoms with Crippen molar-refractivity contribution in [3.8, 4) is 0 Å². The molecule has 0 unspecified atom stereocenters. The van der Waals surface area contributed by atoms with Crippen LogP contribution in [0.1, 0.15) is 5.69 Å². The van der Waals surface area contributed by atoms with Crippen LogP contribution in [0.25, 0.3) is 5.65 Å². The molecule has 22 heavy (non-hydrogen) atoms. The summed E-state index contributed by atoms with van der Waals surface area (Å²) in [4.78, 5) is 11.2. The number of pyridine rings is 1. The molecule has 0 saturated carbocycles. The highest BCUT2D eigenvalue weighted by Crippen LogP contribution is 2.22. The summed E-state index contributed by atoms with van der Waals surface area (Å²) in [6, 6.07) is 14.2. The number of hydrogen-bond donors (Lipinski definition) is 0. The first-order valence-electron chi connectivity index (χ1n) is 6.98. The molecule has 5 heteroatoms. The number of benzene rings is 1. The number of rotatable bonds is 2. The molecule has 0 N–H and O–H groups in total. The molecule has 108 valence electrons. The predicted molar refractivity (Wildman–Crippen MR) is 92.4 cm³/mol. The van der Waals surface area contributed by atoms with Gasteiger partial charge in [-0.25, -0.2) is 4.98 Å². The third-order valence-corrected chi connectivity index (χ3v) is 4.12. The number of fused-ring (bicyclic) bond motifs is 1. The van der Waals surface area contributed by atoms with Crippen molar-refractivity contribution in [2.75, 3.05) is 11.6 Å². The van der Waals surface area contributed by atoms with E-state index in [1.165, 1.54) is 0 Å². The van der Waals surface area contributed by atoms with Crippen LogP contribution in [0.2, 0.25) is 0 Å². The maximum atomic E-state index is 4.69. The van der Waals surface area contributed by atoms with Crippen molar-refractivity contribution >= 4 is 33.0 Å². The van der Waals surface area contributed by atoms with Crippen LogP contribution in [0.5, 0.6) is 0 Å². The van der Waals surface area contributed by atoms with Gasteiger partial charge in [-0.1, -0.05) is 28.1 Å². The van der Waals surface area contributed by atoms with E-state index in [0.29, 0.717) is 6.67 Å². The molecule has 1 aliphatic rings. The van der Waals surface area contributed by atoms with E-state index >= 15 is 0 Å². The van der Waals surface area contributed by atoms with Crippen LogP contribution in [0.3, 0.4) is 0 Å². The summed E-state index contributed by atoms with van der Waals surface area (Å²) in [5.74, 6) is 0. The lowest BCUT2D eigenvalue weighted by Crippen LogP contribution is -2.22. The van der Waals surface area contributed by atoms with E-state index in [0.717, 1.165) is 27.2 Å². The van der Waals surface area contributed by atoms with Crippen LogP contribution >= 0.6 is 15.9 Å². The number of allylic oxidation sites excluding steroid dienone is 1. The highest BCUT2D eigenvalue weighted by Gasteiger charge is 2.12. The molecule has 0 amide bonds. The summed E-state index contributed by atoms with van der Waals surface area (Å²) in [5, 5.41) is 0. The standard InChI is InChI=1S/C17H13BrN4/c18-13-4-3-5-14(10-13)21-9-7-15(20-12-21)16-11-19-17-6-1-2-8-22(16)17/h1-11H,12H2. The number of halogens is 1. The van der Waals surface area contributed by atoms with Crippen LogP contribution in [0, 0.1) is 0 Å². The quantitative estimate of drug-likeness (QED) is 0.701. The lowest BCUT2D eigenvalue weighted by Gasteiger charge is -2.22. The van der Waals surface area contributed by atoms with E-state index in [-0.39, 0.29) is 0 Å². The fourth-order valence-corrected chi connectivity index (χ4v) is 2.91. The van der Waals surface area contributed by atoms with E-state index in [9.17, 15) is 0 Å². The van der Waals surface area contributed by atoms with Crippen molar-refractivity contribution in [2.24, 2.45) is 4.99 Å². The number of aromatic nitrogens is 2. The van der Waals surface area contributed by atoms with Crippen molar-refractivity contribution in [1.82, 2.24) is 9.38 Å². The first-order valence-corrected chi connectivity index (χ1v) is 7.78. The van der Waals surface area contributed by atoms with Crippen LogP contribution in [-0.2, 0) is 0 Å². The Labute approximate surface area is 136 Å². The summed E-state index contributed by atoms with van der Waals surface area (Å²) < 4.78 is 3.12. The molecular weight excluding hydrogens is 340 g/mol. The molecule has 1 aliphatic heterocycles. The maximum Gasteiger partial charge on any atom is 0.137 e. The summed E-state index contributed by atoms with van der Waals surface area (Å²) >= 11 is 3.50. The second-order valence-electron chi connectivity index (χ2n) is 5.02. The molecule has 0 atom stereocenters. The van der Waals surface area contributed by atoms with Gasteiger partial charge in [0.2, 0.25) is 0 Å². The first kappa shape index (κ1) is 13.3. The topological polar surface area (TPSA) is 32.9 Å².